The molecule has 0 amide bonds. The van der Waals surface area contributed by atoms with Gasteiger partial charge in [0.15, 0.2) is 0 Å². The quantitative estimate of drug-likeness (QED) is 0.109. The highest BCUT2D eigenvalue weighted by Gasteiger charge is 2.11. The molecule has 0 saturated carbocycles. The summed E-state index contributed by atoms with van der Waals surface area (Å²) in [4.78, 5) is 12.6. The molecule has 0 radical (unpaired) electrons. The average molecular weight is 484 g/mol. The van der Waals surface area contributed by atoms with E-state index in [1.54, 1.807) is 0 Å². The second-order valence-electron chi connectivity index (χ2n) is 8.43. The minimum absolute atomic E-state index is 0.0848. The van der Waals surface area contributed by atoms with Crippen molar-refractivity contribution >= 4 is 34.4 Å². The van der Waals surface area contributed by atoms with E-state index < -0.39 is 4.92 Å². The summed E-state index contributed by atoms with van der Waals surface area (Å²) >= 11 is 6.11. The van der Waals surface area contributed by atoms with Crippen molar-refractivity contribution in [1.29, 1.82) is 5.26 Å². The fourth-order valence-electron chi connectivity index (χ4n) is 3.74. The maximum atomic E-state index is 10.9. The van der Waals surface area contributed by atoms with Crippen LogP contribution in [-0.4, -0.2) is 18.0 Å². The smallest absolute Gasteiger partial charge is 0.271 e. The van der Waals surface area contributed by atoms with Crippen molar-refractivity contribution in [2.24, 2.45) is 10.2 Å². The Morgan fingerprint density at radius 3 is 2.24 bits per heavy atom. The molecule has 2 rings (SSSR count). The summed E-state index contributed by atoms with van der Waals surface area (Å²) in [7, 11) is 0. The molecule has 8 heteroatoms. The van der Waals surface area contributed by atoms with Crippen LogP contribution in [-0.2, 0) is 0 Å². The number of aryl methyl sites for hydroxylation is 1. The molecule has 0 spiro atoms. The molecule has 0 unspecified atom stereocenters. The molecule has 0 bridgehead atoms. The van der Waals surface area contributed by atoms with Gasteiger partial charge in [0.2, 0.25) is 0 Å². The third-order valence-corrected chi connectivity index (χ3v) is 6.03. The van der Waals surface area contributed by atoms with Gasteiger partial charge in [-0.05, 0) is 43.2 Å². The Morgan fingerprint density at radius 2 is 1.62 bits per heavy atom. The highest BCUT2D eigenvalue weighted by Crippen LogP contribution is 2.32. The molecule has 0 N–H and O–H groups in total. The minimum atomic E-state index is -0.499. The summed E-state index contributed by atoms with van der Waals surface area (Å²) in [5.41, 5.74) is 3.02. The molecule has 0 fully saturated rings. The number of unbranched alkanes of at least 4 members (excludes halogenated alkanes) is 7. The summed E-state index contributed by atoms with van der Waals surface area (Å²) in [5.74, 6) is 0. The number of nitriles is 1. The van der Waals surface area contributed by atoms with E-state index >= 15 is 0 Å². The van der Waals surface area contributed by atoms with Crippen molar-refractivity contribution in [3.05, 3.63) is 57.1 Å². The van der Waals surface area contributed by atoms with Gasteiger partial charge in [-0.2, -0.15) is 10.4 Å². The van der Waals surface area contributed by atoms with Crippen LogP contribution in [0.2, 0.25) is 5.02 Å². The van der Waals surface area contributed by atoms with Gasteiger partial charge in [-0.15, -0.1) is 5.11 Å². The Morgan fingerprint density at radius 1 is 0.971 bits per heavy atom. The molecule has 0 aliphatic heterocycles. The fourth-order valence-corrected chi connectivity index (χ4v) is 3.95. The maximum Gasteiger partial charge on any atom is 0.271 e. The van der Waals surface area contributed by atoms with Crippen LogP contribution in [0.4, 0.5) is 22.7 Å². The average Bonchev–Trinajstić information content (AvgIpc) is 2.82. The van der Waals surface area contributed by atoms with Crippen molar-refractivity contribution in [3.8, 4) is 6.07 Å². The molecule has 0 atom stereocenters. The van der Waals surface area contributed by atoms with E-state index in [2.05, 4.69) is 34.2 Å². The molecule has 0 aromatic heterocycles. The van der Waals surface area contributed by atoms with Crippen LogP contribution in [0.3, 0.4) is 0 Å². The Hall–Kier alpha value is -2.98. The molecule has 7 nitrogen and oxygen atoms in total. The predicted molar refractivity (Wildman–Crippen MR) is 139 cm³/mol. The predicted octanol–water partition coefficient (Wildman–Crippen LogP) is 8.83. The highest BCUT2D eigenvalue weighted by molar-refractivity contribution is 6.33. The van der Waals surface area contributed by atoms with Gasteiger partial charge in [0.25, 0.3) is 5.69 Å². The van der Waals surface area contributed by atoms with E-state index in [0.29, 0.717) is 24.3 Å². The van der Waals surface area contributed by atoms with E-state index in [0.717, 1.165) is 24.2 Å². The Labute approximate surface area is 207 Å². The fraction of sp³-hybridized carbons (Fsp3) is 0.500. The Balaban J connectivity index is 1.99. The molecular weight excluding hydrogens is 450 g/mol. The van der Waals surface area contributed by atoms with E-state index in [9.17, 15) is 10.1 Å². The van der Waals surface area contributed by atoms with E-state index in [1.165, 1.54) is 63.1 Å². The second-order valence-corrected chi connectivity index (χ2v) is 8.84. The lowest BCUT2D eigenvalue weighted by atomic mass is 10.1. The van der Waals surface area contributed by atoms with E-state index in [1.807, 2.05) is 19.1 Å². The van der Waals surface area contributed by atoms with Gasteiger partial charge in [-0.1, -0.05) is 63.5 Å². The van der Waals surface area contributed by atoms with Gasteiger partial charge in [0, 0.05) is 30.9 Å². The van der Waals surface area contributed by atoms with Gasteiger partial charge >= 0.3 is 0 Å². The first-order valence-corrected chi connectivity index (χ1v) is 12.4. The summed E-state index contributed by atoms with van der Waals surface area (Å²) in [6.07, 6.45) is 10.6. The van der Waals surface area contributed by atoms with Crippen molar-refractivity contribution in [1.82, 2.24) is 0 Å². The number of nitro groups is 1. The van der Waals surface area contributed by atoms with E-state index in [4.69, 9.17) is 16.9 Å². The van der Waals surface area contributed by atoms with Gasteiger partial charge < -0.3 is 4.90 Å². The Kier molecular flexibility index (Phi) is 12.0. The van der Waals surface area contributed by atoms with Crippen LogP contribution in [0.1, 0.15) is 70.3 Å². The van der Waals surface area contributed by atoms with Crippen molar-refractivity contribution < 1.29 is 4.92 Å². The van der Waals surface area contributed by atoms with Gasteiger partial charge in [0.1, 0.15) is 5.69 Å². The number of hydrogen-bond acceptors (Lipinski definition) is 6. The minimum Gasteiger partial charge on any atom is -0.370 e. The molecule has 182 valence electrons. The number of azo groups is 1. The SMILES string of the molecule is CCCCCCCCCCN(CCC#N)c1ccc(N=Nc2ccc([N+](=O)[O-])cc2Cl)c(C)c1. The van der Waals surface area contributed by atoms with Crippen LogP contribution in [0.5, 0.6) is 0 Å². The topological polar surface area (TPSA) is 94.9 Å². The number of nitro benzene ring substituents is 1. The number of rotatable bonds is 15. The number of halogens is 1. The standard InChI is InChI=1S/C26H34ClN5O2/c1-3-4-5-6-7-8-9-10-17-31(18-11-16-28)22-12-14-25(21(2)19-22)29-30-26-15-13-23(32(33)34)20-24(26)27/h12-15,19-20H,3-11,17-18H2,1-2H3. The molecule has 2 aromatic rings. The van der Waals surface area contributed by atoms with Gasteiger partial charge in [-0.25, -0.2) is 0 Å². The monoisotopic (exact) mass is 483 g/mol. The van der Waals surface area contributed by atoms with Crippen molar-refractivity contribution in [2.45, 2.75) is 71.6 Å². The van der Waals surface area contributed by atoms with Gasteiger partial charge in [-0.3, -0.25) is 10.1 Å². The maximum absolute atomic E-state index is 10.9. The zero-order chi connectivity index (χ0) is 24.8. The highest BCUT2D eigenvalue weighted by atomic mass is 35.5. The van der Waals surface area contributed by atoms with Crippen LogP contribution in [0.25, 0.3) is 0 Å². The van der Waals surface area contributed by atoms with Crippen LogP contribution in [0.15, 0.2) is 46.6 Å². The largest absolute Gasteiger partial charge is 0.370 e. The molecular formula is C26H34ClN5O2. The lowest BCUT2D eigenvalue weighted by Crippen LogP contribution is -2.25. The molecule has 0 aliphatic rings. The first-order valence-electron chi connectivity index (χ1n) is 12.0. The summed E-state index contributed by atoms with van der Waals surface area (Å²) in [6.45, 7) is 5.83. The van der Waals surface area contributed by atoms with Crippen molar-refractivity contribution in [3.63, 3.8) is 0 Å². The third-order valence-electron chi connectivity index (χ3n) is 5.73. The zero-order valence-electron chi connectivity index (χ0n) is 20.2. The third kappa shape index (κ3) is 9.11. The lowest BCUT2D eigenvalue weighted by Gasteiger charge is -2.24. The zero-order valence-corrected chi connectivity index (χ0v) is 20.9. The molecule has 2 aromatic carbocycles. The van der Waals surface area contributed by atoms with Crippen LogP contribution in [0, 0.1) is 28.4 Å². The summed E-state index contributed by atoms with van der Waals surface area (Å²) in [5, 5.41) is 28.6. The Bertz CT molecular complexity index is 1000. The summed E-state index contributed by atoms with van der Waals surface area (Å²) in [6, 6.07) is 12.3. The molecule has 0 aliphatic carbocycles. The number of benzene rings is 2. The lowest BCUT2D eigenvalue weighted by molar-refractivity contribution is -0.384. The number of anilines is 1. The van der Waals surface area contributed by atoms with Crippen LogP contribution >= 0.6 is 11.6 Å². The molecule has 0 heterocycles. The number of non-ortho nitro benzene ring substituents is 1. The first-order chi connectivity index (χ1) is 16.5. The number of hydrogen-bond donors (Lipinski definition) is 0. The van der Waals surface area contributed by atoms with Crippen molar-refractivity contribution in [2.75, 3.05) is 18.0 Å². The molecule has 34 heavy (non-hydrogen) atoms. The molecule has 0 saturated heterocycles. The number of nitrogens with zero attached hydrogens (tertiary/aromatic N) is 5. The first kappa shape index (κ1) is 27.3. The second kappa shape index (κ2) is 15.0. The normalized spacial score (nSPS) is 11.0. The van der Waals surface area contributed by atoms with Gasteiger partial charge in [0.05, 0.1) is 28.1 Å². The van der Waals surface area contributed by atoms with E-state index in [-0.39, 0.29) is 10.7 Å². The summed E-state index contributed by atoms with van der Waals surface area (Å²) < 4.78 is 0. The van der Waals surface area contributed by atoms with Crippen LogP contribution < -0.4 is 4.90 Å².